The lowest BCUT2D eigenvalue weighted by atomic mass is 10.1. The summed E-state index contributed by atoms with van der Waals surface area (Å²) in [5.74, 6) is 1.80. The standard InChI is InChI=1S/C20H33N3O3/c1-4-21-20(22-10-6-12-25-18-9-13-24-15-18)23-11-14-26-19-16(2)7-5-8-17(19)3/h5,7-8,18H,4,6,9-15H2,1-3H3,(H2,21,22,23). The van der Waals surface area contributed by atoms with Crippen LogP contribution in [0.1, 0.15) is 30.9 Å². The molecule has 1 fully saturated rings. The van der Waals surface area contributed by atoms with Gasteiger partial charge in [-0.1, -0.05) is 18.2 Å². The van der Waals surface area contributed by atoms with Gasteiger partial charge in [0.25, 0.3) is 0 Å². The predicted octanol–water partition coefficient (Wildman–Crippen LogP) is 2.43. The lowest BCUT2D eigenvalue weighted by Gasteiger charge is -2.14. The third kappa shape index (κ3) is 7.22. The van der Waals surface area contributed by atoms with Gasteiger partial charge in [-0.25, -0.2) is 0 Å². The van der Waals surface area contributed by atoms with Crippen LogP contribution in [0.4, 0.5) is 0 Å². The molecule has 146 valence electrons. The molecular weight excluding hydrogens is 330 g/mol. The Morgan fingerprint density at radius 3 is 2.73 bits per heavy atom. The summed E-state index contributed by atoms with van der Waals surface area (Å²) in [7, 11) is 0. The number of hydrogen-bond acceptors (Lipinski definition) is 4. The number of aryl methyl sites for hydroxylation is 2. The first kappa shape index (κ1) is 20.5. The zero-order valence-corrected chi connectivity index (χ0v) is 16.3. The van der Waals surface area contributed by atoms with Crippen molar-refractivity contribution in [1.29, 1.82) is 0 Å². The number of nitrogens with zero attached hydrogens (tertiary/aromatic N) is 1. The van der Waals surface area contributed by atoms with Crippen LogP contribution in [0.2, 0.25) is 0 Å². The van der Waals surface area contributed by atoms with Gasteiger partial charge in [-0.05, 0) is 44.7 Å². The van der Waals surface area contributed by atoms with Gasteiger partial charge in [0, 0.05) is 26.3 Å². The largest absolute Gasteiger partial charge is 0.491 e. The number of benzene rings is 1. The summed E-state index contributed by atoms with van der Waals surface area (Å²) in [6.07, 6.45) is 2.19. The number of rotatable bonds is 10. The van der Waals surface area contributed by atoms with Crippen molar-refractivity contribution in [1.82, 2.24) is 10.6 Å². The Morgan fingerprint density at radius 2 is 2.04 bits per heavy atom. The fourth-order valence-corrected chi connectivity index (χ4v) is 2.84. The topological polar surface area (TPSA) is 64.1 Å². The van der Waals surface area contributed by atoms with Gasteiger partial charge in [-0.3, -0.25) is 4.99 Å². The second-order valence-corrected chi connectivity index (χ2v) is 6.47. The van der Waals surface area contributed by atoms with Gasteiger partial charge < -0.3 is 24.8 Å². The second kappa shape index (κ2) is 11.8. The molecule has 6 nitrogen and oxygen atoms in total. The molecule has 1 aliphatic heterocycles. The highest BCUT2D eigenvalue weighted by Crippen LogP contribution is 2.21. The molecule has 0 aromatic heterocycles. The van der Waals surface area contributed by atoms with E-state index < -0.39 is 0 Å². The van der Waals surface area contributed by atoms with Crippen molar-refractivity contribution < 1.29 is 14.2 Å². The van der Waals surface area contributed by atoms with Crippen LogP contribution in [-0.2, 0) is 9.47 Å². The summed E-state index contributed by atoms with van der Waals surface area (Å²) in [4.78, 5) is 4.58. The molecule has 0 aliphatic carbocycles. The molecule has 0 radical (unpaired) electrons. The molecule has 2 rings (SSSR count). The Labute approximate surface area is 157 Å². The Kier molecular flexibility index (Phi) is 9.28. The summed E-state index contributed by atoms with van der Waals surface area (Å²) in [6, 6.07) is 6.19. The smallest absolute Gasteiger partial charge is 0.191 e. The molecule has 1 aliphatic rings. The van der Waals surface area contributed by atoms with Crippen LogP contribution in [0.5, 0.6) is 5.75 Å². The van der Waals surface area contributed by atoms with Gasteiger partial charge in [0.05, 0.1) is 19.3 Å². The van der Waals surface area contributed by atoms with E-state index in [1.54, 1.807) is 0 Å². The summed E-state index contributed by atoms with van der Waals surface area (Å²) < 4.78 is 17.0. The SMILES string of the molecule is CCNC(=NCCCOC1CCOC1)NCCOc1c(C)cccc1C. The Bertz CT molecular complexity index is 537. The Balaban J connectivity index is 1.64. The molecular formula is C20H33N3O3. The van der Waals surface area contributed by atoms with Crippen molar-refractivity contribution in [2.75, 3.05) is 46.1 Å². The van der Waals surface area contributed by atoms with Crippen LogP contribution in [0.25, 0.3) is 0 Å². The van der Waals surface area contributed by atoms with Crippen molar-refractivity contribution in [3.05, 3.63) is 29.3 Å². The highest BCUT2D eigenvalue weighted by Gasteiger charge is 2.15. The lowest BCUT2D eigenvalue weighted by Crippen LogP contribution is -2.39. The van der Waals surface area contributed by atoms with Crippen molar-refractivity contribution in [2.24, 2.45) is 4.99 Å². The highest BCUT2D eigenvalue weighted by atomic mass is 16.5. The average molecular weight is 364 g/mol. The van der Waals surface area contributed by atoms with E-state index in [1.807, 2.05) is 0 Å². The molecule has 2 N–H and O–H groups in total. The van der Waals surface area contributed by atoms with Crippen molar-refractivity contribution in [3.63, 3.8) is 0 Å². The van der Waals surface area contributed by atoms with Gasteiger partial charge in [0.1, 0.15) is 12.4 Å². The minimum absolute atomic E-state index is 0.271. The maximum Gasteiger partial charge on any atom is 0.191 e. The first-order valence-corrected chi connectivity index (χ1v) is 9.61. The third-order valence-corrected chi connectivity index (χ3v) is 4.21. The quantitative estimate of drug-likeness (QED) is 0.380. The maximum absolute atomic E-state index is 5.92. The molecule has 1 unspecified atom stereocenters. The number of nitrogens with one attached hydrogen (secondary N) is 2. The van der Waals surface area contributed by atoms with E-state index in [0.717, 1.165) is 57.5 Å². The predicted molar refractivity (Wildman–Crippen MR) is 105 cm³/mol. The van der Waals surface area contributed by atoms with Crippen LogP contribution in [0, 0.1) is 13.8 Å². The van der Waals surface area contributed by atoms with Crippen molar-refractivity contribution in [3.8, 4) is 5.75 Å². The van der Waals surface area contributed by atoms with Gasteiger partial charge in [0.2, 0.25) is 0 Å². The maximum atomic E-state index is 5.92. The Morgan fingerprint density at radius 1 is 1.23 bits per heavy atom. The fourth-order valence-electron chi connectivity index (χ4n) is 2.84. The molecule has 0 spiro atoms. The van der Waals surface area contributed by atoms with E-state index in [-0.39, 0.29) is 6.10 Å². The van der Waals surface area contributed by atoms with Crippen LogP contribution < -0.4 is 15.4 Å². The molecule has 6 heteroatoms. The zero-order valence-electron chi connectivity index (χ0n) is 16.3. The monoisotopic (exact) mass is 363 g/mol. The number of para-hydroxylation sites is 1. The number of hydrogen-bond donors (Lipinski definition) is 2. The molecule has 0 saturated carbocycles. The first-order valence-electron chi connectivity index (χ1n) is 9.61. The second-order valence-electron chi connectivity index (χ2n) is 6.47. The van der Waals surface area contributed by atoms with Gasteiger partial charge in [-0.2, -0.15) is 0 Å². The van der Waals surface area contributed by atoms with E-state index in [1.165, 1.54) is 11.1 Å². The van der Waals surface area contributed by atoms with Crippen LogP contribution in [0.15, 0.2) is 23.2 Å². The fraction of sp³-hybridized carbons (Fsp3) is 0.650. The first-order chi connectivity index (χ1) is 12.7. The molecule has 1 atom stereocenters. The zero-order chi connectivity index (χ0) is 18.6. The van der Waals surface area contributed by atoms with E-state index in [4.69, 9.17) is 14.2 Å². The van der Waals surface area contributed by atoms with Gasteiger partial charge in [0.15, 0.2) is 5.96 Å². The van der Waals surface area contributed by atoms with Gasteiger partial charge >= 0.3 is 0 Å². The van der Waals surface area contributed by atoms with Crippen LogP contribution in [0.3, 0.4) is 0 Å². The lowest BCUT2D eigenvalue weighted by molar-refractivity contribution is 0.0424. The molecule has 1 saturated heterocycles. The summed E-state index contributed by atoms with van der Waals surface area (Å²) in [5, 5.41) is 6.57. The summed E-state index contributed by atoms with van der Waals surface area (Å²) in [5.41, 5.74) is 2.33. The minimum atomic E-state index is 0.271. The van der Waals surface area contributed by atoms with Crippen molar-refractivity contribution >= 4 is 5.96 Å². The van der Waals surface area contributed by atoms with Crippen LogP contribution >= 0.6 is 0 Å². The normalized spacial score (nSPS) is 17.3. The van der Waals surface area contributed by atoms with E-state index in [9.17, 15) is 0 Å². The highest BCUT2D eigenvalue weighted by molar-refractivity contribution is 5.79. The Hall–Kier alpha value is -1.79. The number of aliphatic imine (C=N–C) groups is 1. The van der Waals surface area contributed by atoms with Crippen molar-refractivity contribution in [2.45, 2.75) is 39.7 Å². The number of ether oxygens (including phenoxy) is 3. The molecule has 1 aromatic carbocycles. The minimum Gasteiger partial charge on any atom is -0.491 e. The summed E-state index contributed by atoms with van der Waals surface area (Å²) >= 11 is 0. The van der Waals surface area contributed by atoms with Gasteiger partial charge in [-0.15, -0.1) is 0 Å². The average Bonchev–Trinajstić information content (AvgIpc) is 3.13. The molecule has 0 bridgehead atoms. The molecule has 1 heterocycles. The molecule has 26 heavy (non-hydrogen) atoms. The third-order valence-electron chi connectivity index (χ3n) is 4.21. The van der Waals surface area contributed by atoms with E-state index in [2.05, 4.69) is 54.6 Å². The molecule has 0 amide bonds. The molecule has 1 aromatic rings. The van der Waals surface area contributed by atoms with E-state index >= 15 is 0 Å². The number of guanidine groups is 1. The van der Waals surface area contributed by atoms with E-state index in [0.29, 0.717) is 13.2 Å². The van der Waals surface area contributed by atoms with Crippen LogP contribution in [-0.4, -0.2) is 58.1 Å². The summed E-state index contributed by atoms with van der Waals surface area (Å²) in [6.45, 7) is 11.4.